The molecular weight excluding hydrogens is 441 g/mol. The molecule has 3 aromatic rings. The molecule has 0 unspecified atom stereocenters. The van der Waals surface area contributed by atoms with Crippen LogP contribution >= 0.6 is 35.4 Å². The van der Waals surface area contributed by atoms with Gasteiger partial charge in [-0.25, -0.2) is 0 Å². The van der Waals surface area contributed by atoms with Gasteiger partial charge in [-0.05, 0) is 54.5 Å². The molecule has 0 atom stereocenters. The molecule has 0 amide bonds. The van der Waals surface area contributed by atoms with Crippen LogP contribution in [0.1, 0.15) is 11.1 Å². The Hall–Kier alpha value is -2.42. The molecule has 0 bridgehead atoms. The van der Waals surface area contributed by atoms with E-state index in [4.69, 9.17) is 35.4 Å². The normalized spacial score (nSPS) is 10.8. The molecule has 0 aliphatic heterocycles. The smallest absolute Gasteiger partial charge is 0.387 e. The summed E-state index contributed by atoms with van der Waals surface area (Å²) >= 11 is 17.2. The average molecular weight is 457 g/mol. The Balaban J connectivity index is 1.64. The maximum absolute atomic E-state index is 12.6. The number of hydrogen-bond acceptors (Lipinski definition) is 3. The monoisotopic (exact) mass is 456 g/mol. The number of thiocarbonyl (C=S) groups is 1. The maximum atomic E-state index is 12.6. The molecule has 2 aromatic carbocycles. The van der Waals surface area contributed by atoms with E-state index in [1.54, 1.807) is 48.1 Å². The van der Waals surface area contributed by atoms with Crippen molar-refractivity contribution in [2.45, 2.75) is 20.1 Å². The summed E-state index contributed by atoms with van der Waals surface area (Å²) in [7, 11) is 0. The zero-order valence-corrected chi connectivity index (χ0v) is 17.5. The van der Waals surface area contributed by atoms with E-state index in [1.807, 2.05) is 6.07 Å². The van der Waals surface area contributed by atoms with Crippen molar-refractivity contribution in [2.24, 2.45) is 0 Å². The van der Waals surface area contributed by atoms with Gasteiger partial charge in [-0.1, -0.05) is 35.3 Å². The fraction of sp³-hybridized carbons (Fsp3) is 0.158. The second-order valence-electron chi connectivity index (χ2n) is 6.10. The van der Waals surface area contributed by atoms with Crippen molar-refractivity contribution in [3.8, 4) is 5.75 Å². The predicted octanol–water partition coefficient (Wildman–Crippen LogP) is 5.96. The highest BCUT2D eigenvalue weighted by molar-refractivity contribution is 7.80. The number of nitrogens with zero attached hydrogens (tertiary/aromatic N) is 2. The Morgan fingerprint density at radius 3 is 2.66 bits per heavy atom. The number of alkyl halides is 2. The topological polar surface area (TPSA) is 51.1 Å². The van der Waals surface area contributed by atoms with Crippen molar-refractivity contribution in [1.82, 2.24) is 9.78 Å². The van der Waals surface area contributed by atoms with Crippen molar-refractivity contribution in [1.29, 1.82) is 0 Å². The van der Waals surface area contributed by atoms with Crippen LogP contribution in [-0.2, 0) is 6.54 Å². The van der Waals surface area contributed by atoms with Crippen molar-refractivity contribution in [3.63, 3.8) is 0 Å². The van der Waals surface area contributed by atoms with Crippen LogP contribution in [0.2, 0.25) is 10.0 Å². The first kappa shape index (κ1) is 21.3. The molecule has 0 spiro atoms. The summed E-state index contributed by atoms with van der Waals surface area (Å²) in [4.78, 5) is 0. The molecule has 5 nitrogen and oxygen atoms in total. The Bertz CT molecular complexity index is 1030. The number of aromatic nitrogens is 2. The third kappa shape index (κ3) is 6.03. The van der Waals surface area contributed by atoms with Gasteiger partial charge < -0.3 is 15.4 Å². The summed E-state index contributed by atoms with van der Waals surface area (Å²) in [5, 5.41) is 11.3. The van der Waals surface area contributed by atoms with Gasteiger partial charge in [0, 0.05) is 12.3 Å². The van der Waals surface area contributed by atoms with E-state index in [-0.39, 0.29) is 10.9 Å². The highest BCUT2D eigenvalue weighted by Gasteiger charge is 2.12. The number of ether oxygens (including phenoxy) is 1. The molecule has 0 radical (unpaired) electrons. The van der Waals surface area contributed by atoms with E-state index < -0.39 is 6.61 Å². The summed E-state index contributed by atoms with van der Waals surface area (Å²) in [5.74, 6) is 0.500. The first-order valence-electron chi connectivity index (χ1n) is 8.41. The first-order chi connectivity index (χ1) is 13.8. The van der Waals surface area contributed by atoms with Gasteiger partial charge in [-0.15, -0.1) is 0 Å². The molecule has 0 aliphatic carbocycles. The Kier molecular flexibility index (Phi) is 6.89. The number of anilines is 2. The zero-order chi connectivity index (χ0) is 21.0. The van der Waals surface area contributed by atoms with Crippen molar-refractivity contribution in [3.05, 3.63) is 69.8 Å². The van der Waals surface area contributed by atoms with Crippen LogP contribution in [0, 0.1) is 6.92 Å². The maximum Gasteiger partial charge on any atom is 0.387 e. The van der Waals surface area contributed by atoms with Crippen molar-refractivity contribution in [2.75, 3.05) is 10.6 Å². The molecule has 1 aromatic heterocycles. The van der Waals surface area contributed by atoms with E-state index in [9.17, 15) is 8.78 Å². The van der Waals surface area contributed by atoms with E-state index in [0.717, 1.165) is 11.1 Å². The fourth-order valence-corrected chi connectivity index (χ4v) is 3.07. The molecule has 1 heterocycles. The molecule has 0 saturated heterocycles. The fourth-order valence-electron chi connectivity index (χ4n) is 2.54. The highest BCUT2D eigenvalue weighted by Crippen LogP contribution is 2.27. The highest BCUT2D eigenvalue weighted by atomic mass is 35.5. The average Bonchev–Trinajstić information content (AvgIpc) is 3.07. The quantitative estimate of drug-likeness (QED) is 0.448. The third-order valence-electron chi connectivity index (χ3n) is 3.81. The predicted molar refractivity (Wildman–Crippen MR) is 115 cm³/mol. The third-order valence-corrected chi connectivity index (χ3v) is 4.76. The second kappa shape index (κ2) is 9.39. The van der Waals surface area contributed by atoms with Gasteiger partial charge in [0.2, 0.25) is 0 Å². The van der Waals surface area contributed by atoms with Gasteiger partial charge in [0.1, 0.15) is 5.75 Å². The molecule has 2 N–H and O–H groups in total. The summed E-state index contributed by atoms with van der Waals surface area (Å²) in [6.45, 7) is -0.668. The van der Waals surface area contributed by atoms with Gasteiger partial charge in [-0.2, -0.15) is 13.9 Å². The molecule has 29 heavy (non-hydrogen) atoms. The molecule has 3 rings (SSSR count). The van der Waals surface area contributed by atoms with E-state index >= 15 is 0 Å². The Morgan fingerprint density at radius 2 is 1.93 bits per heavy atom. The molecule has 10 heteroatoms. The van der Waals surface area contributed by atoms with Crippen LogP contribution < -0.4 is 15.4 Å². The lowest BCUT2D eigenvalue weighted by Crippen LogP contribution is -2.20. The van der Waals surface area contributed by atoms with E-state index in [0.29, 0.717) is 28.1 Å². The Morgan fingerprint density at radius 1 is 1.14 bits per heavy atom. The van der Waals surface area contributed by atoms with Gasteiger partial charge >= 0.3 is 6.61 Å². The second-order valence-corrected chi connectivity index (χ2v) is 7.33. The molecule has 152 valence electrons. The van der Waals surface area contributed by atoms with Crippen LogP contribution in [0.3, 0.4) is 0 Å². The minimum absolute atomic E-state index is 0.00861. The summed E-state index contributed by atoms with van der Waals surface area (Å²) in [6.07, 6.45) is 1.77. The summed E-state index contributed by atoms with van der Waals surface area (Å²) in [5.41, 5.74) is 2.04. The van der Waals surface area contributed by atoms with Gasteiger partial charge in [-0.3, -0.25) is 4.68 Å². The molecular formula is C19H16Cl2F2N4OS. The minimum Gasteiger partial charge on any atom is -0.433 e. The van der Waals surface area contributed by atoms with Gasteiger partial charge in [0.05, 0.1) is 22.3 Å². The molecule has 0 fully saturated rings. The first-order valence-corrected chi connectivity index (χ1v) is 9.57. The number of halogens is 4. The lowest BCUT2D eigenvalue weighted by atomic mass is 10.2. The lowest BCUT2D eigenvalue weighted by Gasteiger charge is -2.14. The molecule has 0 aliphatic rings. The number of rotatable bonds is 6. The number of aryl methyl sites for hydroxylation is 1. The van der Waals surface area contributed by atoms with Gasteiger partial charge in [0.25, 0.3) is 0 Å². The SMILES string of the molecule is Cc1ccc(NC(=S)Nc2ccn(Cc3ccc(Cl)c(Cl)c3)n2)c(OC(F)F)c1. The zero-order valence-electron chi connectivity index (χ0n) is 15.1. The Labute approximate surface area is 181 Å². The number of benzene rings is 2. The number of hydrogen-bond donors (Lipinski definition) is 2. The summed E-state index contributed by atoms with van der Waals surface area (Å²) < 4.78 is 31.5. The van der Waals surface area contributed by atoms with Crippen LogP contribution in [0.5, 0.6) is 5.75 Å². The van der Waals surface area contributed by atoms with Gasteiger partial charge in [0.15, 0.2) is 10.9 Å². The molecule has 0 saturated carbocycles. The van der Waals surface area contributed by atoms with Crippen molar-refractivity contribution < 1.29 is 13.5 Å². The largest absolute Gasteiger partial charge is 0.433 e. The van der Waals surface area contributed by atoms with Crippen molar-refractivity contribution >= 4 is 52.0 Å². The van der Waals surface area contributed by atoms with Crippen LogP contribution in [0.4, 0.5) is 20.3 Å². The van der Waals surface area contributed by atoms with Crippen LogP contribution in [0.25, 0.3) is 0 Å². The standard InChI is InChI=1S/C19H16Cl2F2N4OS/c1-11-2-5-15(16(8-11)28-18(22)23)24-19(29)25-17-6-7-27(26-17)10-12-3-4-13(20)14(21)9-12/h2-9,18H,10H2,1H3,(H2,24,25,26,29). The van der Waals surface area contributed by atoms with E-state index in [2.05, 4.69) is 20.5 Å². The van der Waals surface area contributed by atoms with Crippen LogP contribution in [-0.4, -0.2) is 21.5 Å². The van der Waals surface area contributed by atoms with Crippen LogP contribution in [0.15, 0.2) is 48.7 Å². The minimum atomic E-state index is -2.93. The summed E-state index contributed by atoms with van der Waals surface area (Å²) in [6, 6.07) is 12.0. The number of nitrogens with one attached hydrogen (secondary N) is 2. The lowest BCUT2D eigenvalue weighted by molar-refractivity contribution is -0.0493. The van der Waals surface area contributed by atoms with E-state index in [1.165, 1.54) is 6.07 Å².